The second kappa shape index (κ2) is 10.1. The molecule has 0 fully saturated rings. The molecule has 0 saturated carbocycles. The number of aliphatic hydroxyl groups is 1. The van der Waals surface area contributed by atoms with E-state index in [2.05, 4.69) is 128 Å². The SMILES string of the molecule is Cc1cc(-c2c3ccccc3c(-c3cccc4ccccc34)c3ccccc23)ccc1C1=C(O)CCc2c1oc1c2CCC=C1. The second-order valence-electron chi connectivity index (χ2n) is 12.4. The van der Waals surface area contributed by atoms with Gasteiger partial charge in [-0.05, 0) is 98.0 Å². The lowest BCUT2D eigenvalue weighted by molar-refractivity contribution is 0.384. The molecule has 2 heteroatoms. The first-order valence-corrected chi connectivity index (χ1v) is 15.9. The molecule has 0 aliphatic heterocycles. The van der Waals surface area contributed by atoms with Gasteiger partial charge in [-0.15, -0.1) is 0 Å². The van der Waals surface area contributed by atoms with Crippen molar-refractivity contribution in [2.75, 3.05) is 0 Å². The minimum Gasteiger partial charge on any atom is -0.512 e. The normalized spacial score (nSPS) is 14.3. The molecule has 2 aliphatic rings. The summed E-state index contributed by atoms with van der Waals surface area (Å²) in [6, 6.07) is 39.6. The molecule has 2 nitrogen and oxygen atoms in total. The van der Waals surface area contributed by atoms with Gasteiger partial charge < -0.3 is 9.52 Å². The molecule has 9 rings (SSSR count). The molecule has 0 saturated heterocycles. The van der Waals surface area contributed by atoms with Gasteiger partial charge in [-0.25, -0.2) is 0 Å². The number of benzene rings is 6. The standard InChI is InChI=1S/C43H32O2/c1-26-25-28(21-22-29(26)42-38(44)24-23-37-31-14-8-9-20-39(31)45-43(37)42)40-33-15-4-6-17-35(33)41(36-18-7-5-16-34(36)40)32-19-10-12-27-11-2-3-13-30(27)32/h2-7,9-13,15-22,25,44H,8,14,23-24H2,1H3. The predicted molar refractivity (Wildman–Crippen MR) is 188 cm³/mol. The van der Waals surface area contributed by atoms with Crippen LogP contribution in [0.3, 0.4) is 0 Å². The second-order valence-corrected chi connectivity index (χ2v) is 12.4. The zero-order chi connectivity index (χ0) is 30.1. The maximum Gasteiger partial charge on any atom is 0.142 e. The van der Waals surface area contributed by atoms with E-state index in [1.807, 2.05) is 0 Å². The fourth-order valence-corrected chi connectivity index (χ4v) is 7.86. The Morgan fingerprint density at radius 1 is 0.600 bits per heavy atom. The van der Waals surface area contributed by atoms with Crippen molar-refractivity contribution in [3.63, 3.8) is 0 Å². The average Bonchev–Trinajstić information content (AvgIpc) is 3.46. The van der Waals surface area contributed by atoms with Gasteiger partial charge in [0, 0.05) is 17.5 Å². The number of hydrogen-bond donors (Lipinski definition) is 1. The fourth-order valence-electron chi connectivity index (χ4n) is 7.86. The Morgan fingerprint density at radius 2 is 1.27 bits per heavy atom. The molecule has 0 atom stereocenters. The first-order valence-electron chi connectivity index (χ1n) is 15.9. The van der Waals surface area contributed by atoms with Crippen LogP contribution in [0.5, 0.6) is 0 Å². The molecule has 0 spiro atoms. The van der Waals surface area contributed by atoms with Crippen LogP contribution < -0.4 is 0 Å². The van der Waals surface area contributed by atoms with E-state index in [1.165, 1.54) is 65.7 Å². The summed E-state index contributed by atoms with van der Waals surface area (Å²) in [4.78, 5) is 0. The van der Waals surface area contributed by atoms with Crippen LogP contribution in [0.4, 0.5) is 0 Å². The molecule has 0 unspecified atom stereocenters. The molecule has 2 aliphatic carbocycles. The summed E-state index contributed by atoms with van der Waals surface area (Å²) in [5, 5.41) is 18.7. The van der Waals surface area contributed by atoms with E-state index < -0.39 is 0 Å². The van der Waals surface area contributed by atoms with Gasteiger partial charge in [-0.2, -0.15) is 0 Å². The number of allylic oxidation sites excluding steroid dienone is 2. The van der Waals surface area contributed by atoms with Crippen molar-refractivity contribution >= 4 is 44.0 Å². The van der Waals surface area contributed by atoms with Gasteiger partial charge in [-0.3, -0.25) is 0 Å². The minimum absolute atomic E-state index is 0.420. The first-order chi connectivity index (χ1) is 22.2. The van der Waals surface area contributed by atoms with Crippen LogP contribution in [-0.4, -0.2) is 5.11 Å². The Morgan fingerprint density at radius 3 is 2.00 bits per heavy atom. The van der Waals surface area contributed by atoms with Crippen LogP contribution in [0.1, 0.15) is 46.6 Å². The van der Waals surface area contributed by atoms with Gasteiger partial charge in [0.2, 0.25) is 0 Å². The maximum atomic E-state index is 11.2. The monoisotopic (exact) mass is 580 g/mol. The van der Waals surface area contributed by atoms with Crippen molar-refractivity contribution in [1.82, 2.24) is 0 Å². The molecule has 1 heterocycles. The van der Waals surface area contributed by atoms with Crippen molar-refractivity contribution < 1.29 is 9.52 Å². The van der Waals surface area contributed by atoms with Crippen molar-refractivity contribution in [2.45, 2.75) is 32.6 Å². The lowest BCUT2D eigenvalue weighted by atomic mass is 9.83. The summed E-state index contributed by atoms with van der Waals surface area (Å²) in [6.07, 6.45) is 7.80. The van der Waals surface area contributed by atoms with Crippen LogP contribution in [0, 0.1) is 6.92 Å². The Labute approximate surface area is 262 Å². The summed E-state index contributed by atoms with van der Waals surface area (Å²) in [6.45, 7) is 2.16. The lowest BCUT2D eigenvalue weighted by Crippen LogP contribution is -2.07. The number of fused-ring (bicyclic) bond motifs is 6. The molecular formula is C43H32O2. The number of rotatable bonds is 3. The Bertz CT molecular complexity index is 2340. The largest absolute Gasteiger partial charge is 0.512 e. The van der Waals surface area contributed by atoms with E-state index in [0.717, 1.165) is 47.5 Å². The number of furan rings is 1. The lowest BCUT2D eigenvalue weighted by Gasteiger charge is -2.21. The van der Waals surface area contributed by atoms with Gasteiger partial charge in [0.1, 0.15) is 17.3 Å². The van der Waals surface area contributed by atoms with Crippen molar-refractivity contribution in [2.24, 2.45) is 0 Å². The average molecular weight is 581 g/mol. The molecule has 45 heavy (non-hydrogen) atoms. The molecule has 7 aromatic rings. The summed E-state index contributed by atoms with van der Waals surface area (Å²) in [5.41, 5.74) is 10.5. The van der Waals surface area contributed by atoms with E-state index >= 15 is 0 Å². The van der Waals surface area contributed by atoms with Crippen LogP contribution in [0.25, 0.3) is 66.2 Å². The van der Waals surface area contributed by atoms with Gasteiger partial charge in [0.25, 0.3) is 0 Å². The summed E-state index contributed by atoms with van der Waals surface area (Å²) < 4.78 is 6.43. The molecule has 216 valence electrons. The predicted octanol–water partition coefficient (Wildman–Crippen LogP) is 11.6. The Balaban J connectivity index is 1.27. The van der Waals surface area contributed by atoms with Crippen molar-refractivity contribution in [1.29, 1.82) is 0 Å². The molecule has 0 bridgehead atoms. The van der Waals surface area contributed by atoms with E-state index in [0.29, 0.717) is 12.2 Å². The van der Waals surface area contributed by atoms with Crippen LogP contribution in [0.2, 0.25) is 0 Å². The van der Waals surface area contributed by atoms with Gasteiger partial charge in [0.05, 0.1) is 5.57 Å². The molecule has 1 aromatic heterocycles. The van der Waals surface area contributed by atoms with Crippen LogP contribution >= 0.6 is 0 Å². The number of aryl methyl sites for hydroxylation is 1. The zero-order valence-corrected chi connectivity index (χ0v) is 25.2. The molecule has 0 radical (unpaired) electrons. The smallest absolute Gasteiger partial charge is 0.142 e. The molecule has 1 N–H and O–H groups in total. The van der Waals surface area contributed by atoms with Crippen LogP contribution in [-0.2, 0) is 12.8 Å². The summed E-state index contributed by atoms with van der Waals surface area (Å²) in [7, 11) is 0. The Hall–Kier alpha value is -5.34. The highest BCUT2D eigenvalue weighted by atomic mass is 16.3. The summed E-state index contributed by atoms with van der Waals surface area (Å²) >= 11 is 0. The van der Waals surface area contributed by atoms with Gasteiger partial charge >= 0.3 is 0 Å². The minimum atomic E-state index is 0.420. The fraction of sp³-hybridized carbons (Fsp3) is 0.116. The first kappa shape index (κ1) is 26.1. The third-order valence-electron chi connectivity index (χ3n) is 9.88. The maximum absolute atomic E-state index is 11.2. The van der Waals surface area contributed by atoms with E-state index in [1.54, 1.807) is 0 Å². The van der Waals surface area contributed by atoms with Crippen molar-refractivity contribution in [3.05, 3.63) is 155 Å². The highest BCUT2D eigenvalue weighted by Crippen LogP contribution is 2.47. The van der Waals surface area contributed by atoms with E-state index in [9.17, 15) is 5.11 Å². The molecular weight excluding hydrogens is 548 g/mol. The highest BCUT2D eigenvalue weighted by Gasteiger charge is 2.30. The van der Waals surface area contributed by atoms with E-state index in [4.69, 9.17) is 4.42 Å². The van der Waals surface area contributed by atoms with Gasteiger partial charge in [-0.1, -0.05) is 115 Å². The summed E-state index contributed by atoms with van der Waals surface area (Å²) in [5.74, 6) is 2.22. The Kier molecular flexibility index (Phi) is 5.86. The topological polar surface area (TPSA) is 33.4 Å². The highest BCUT2D eigenvalue weighted by molar-refractivity contribution is 6.23. The number of aliphatic hydroxyl groups excluding tert-OH is 1. The third-order valence-corrected chi connectivity index (χ3v) is 9.88. The van der Waals surface area contributed by atoms with Gasteiger partial charge in [0.15, 0.2) is 0 Å². The zero-order valence-electron chi connectivity index (χ0n) is 25.2. The quantitative estimate of drug-likeness (QED) is 0.211. The number of hydrogen-bond acceptors (Lipinski definition) is 2. The van der Waals surface area contributed by atoms with Crippen molar-refractivity contribution in [3.8, 4) is 22.3 Å². The van der Waals surface area contributed by atoms with E-state index in [-0.39, 0.29) is 0 Å². The molecule has 6 aromatic carbocycles. The van der Waals surface area contributed by atoms with Crippen LogP contribution in [0.15, 0.2) is 125 Å². The third kappa shape index (κ3) is 3.95. The molecule has 0 amide bonds.